The minimum Gasteiger partial charge on any atom is -0.375 e. The molecule has 3 heteroatoms. The van der Waals surface area contributed by atoms with E-state index in [9.17, 15) is 8.78 Å². The molecule has 3 rings (SSSR count). The molecule has 3 unspecified atom stereocenters. The fraction of sp³-hybridized carbons (Fsp3) is 1.00. The average Bonchev–Trinajstić information content (AvgIpc) is 2.57. The van der Waals surface area contributed by atoms with E-state index in [-0.39, 0.29) is 0 Å². The van der Waals surface area contributed by atoms with Crippen molar-refractivity contribution < 1.29 is 13.5 Å². The summed E-state index contributed by atoms with van der Waals surface area (Å²) in [6.07, 6.45) is 10.9. The second-order valence-electron chi connectivity index (χ2n) is 7.94. The highest BCUT2D eigenvalue weighted by atomic mass is 19.2. The quantitative estimate of drug-likeness (QED) is 0.654. The van der Waals surface area contributed by atoms with E-state index in [4.69, 9.17) is 4.74 Å². The molecule has 1 nitrogen and oxygen atoms in total. The molecule has 0 heterocycles. The summed E-state index contributed by atoms with van der Waals surface area (Å²) in [6, 6.07) is 0. The molecule has 3 saturated carbocycles. The molecule has 3 atom stereocenters. The molecule has 0 saturated heterocycles. The zero-order chi connectivity index (χ0) is 15.4. The van der Waals surface area contributed by atoms with Crippen LogP contribution in [0.1, 0.15) is 77.0 Å². The second kappa shape index (κ2) is 8.08. The van der Waals surface area contributed by atoms with E-state index in [0.717, 1.165) is 18.3 Å². The van der Waals surface area contributed by atoms with Gasteiger partial charge in [-0.15, -0.1) is 0 Å². The van der Waals surface area contributed by atoms with Crippen molar-refractivity contribution in [2.75, 3.05) is 6.61 Å². The highest BCUT2D eigenvalue weighted by Gasteiger charge is 2.35. The van der Waals surface area contributed by atoms with Gasteiger partial charge < -0.3 is 4.74 Å². The maximum Gasteiger partial charge on any atom is 0.157 e. The zero-order valence-corrected chi connectivity index (χ0v) is 13.8. The van der Waals surface area contributed by atoms with Gasteiger partial charge in [0.2, 0.25) is 0 Å². The fourth-order valence-corrected chi connectivity index (χ4v) is 4.93. The summed E-state index contributed by atoms with van der Waals surface area (Å²) >= 11 is 0. The average molecular weight is 314 g/mol. The number of hydrogen-bond acceptors (Lipinski definition) is 1. The number of hydrogen-bond donors (Lipinski definition) is 0. The lowest BCUT2D eigenvalue weighted by Gasteiger charge is -2.36. The van der Waals surface area contributed by atoms with E-state index < -0.39 is 18.4 Å². The van der Waals surface area contributed by atoms with E-state index in [0.29, 0.717) is 25.4 Å². The lowest BCUT2D eigenvalue weighted by molar-refractivity contribution is -0.0703. The van der Waals surface area contributed by atoms with Crippen molar-refractivity contribution in [3.05, 3.63) is 0 Å². The molecule has 3 aliphatic carbocycles. The summed E-state index contributed by atoms with van der Waals surface area (Å²) in [4.78, 5) is 0. The van der Waals surface area contributed by atoms with Gasteiger partial charge in [-0.1, -0.05) is 32.1 Å². The van der Waals surface area contributed by atoms with Gasteiger partial charge in [0.15, 0.2) is 6.17 Å². The largest absolute Gasteiger partial charge is 0.375 e. The van der Waals surface area contributed by atoms with E-state index in [1.165, 1.54) is 57.8 Å². The van der Waals surface area contributed by atoms with Crippen LogP contribution < -0.4 is 0 Å². The molecule has 0 N–H and O–H groups in total. The third kappa shape index (κ3) is 4.21. The van der Waals surface area contributed by atoms with E-state index in [1.807, 2.05) is 0 Å². The Morgan fingerprint density at radius 2 is 1.36 bits per heavy atom. The first-order chi connectivity index (χ1) is 10.7. The molecule has 0 aromatic heterocycles. The van der Waals surface area contributed by atoms with Crippen LogP contribution in [0.25, 0.3) is 0 Å². The first-order valence-corrected chi connectivity index (χ1v) is 9.64. The van der Waals surface area contributed by atoms with Crippen LogP contribution in [0.4, 0.5) is 8.78 Å². The highest BCUT2D eigenvalue weighted by Crippen LogP contribution is 2.40. The topological polar surface area (TPSA) is 9.23 Å². The predicted molar refractivity (Wildman–Crippen MR) is 85.4 cm³/mol. The van der Waals surface area contributed by atoms with Crippen molar-refractivity contribution in [2.45, 2.75) is 95.5 Å². The van der Waals surface area contributed by atoms with Crippen LogP contribution in [-0.2, 0) is 4.74 Å². The van der Waals surface area contributed by atoms with Gasteiger partial charge in [-0.3, -0.25) is 0 Å². The van der Waals surface area contributed by atoms with Crippen LogP contribution in [0, 0.1) is 17.8 Å². The molecule has 0 amide bonds. The van der Waals surface area contributed by atoms with E-state index in [2.05, 4.69) is 0 Å². The Hall–Kier alpha value is -0.180. The van der Waals surface area contributed by atoms with Crippen molar-refractivity contribution in [2.24, 2.45) is 17.8 Å². The van der Waals surface area contributed by atoms with Crippen LogP contribution in [0.15, 0.2) is 0 Å². The normalized spacial score (nSPS) is 41.5. The molecule has 0 spiro atoms. The van der Waals surface area contributed by atoms with E-state index >= 15 is 0 Å². The van der Waals surface area contributed by atoms with Crippen molar-refractivity contribution in [1.29, 1.82) is 0 Å². The van der Waals surface area contributed by atoms with Crippen LogP contribution in [0.5, 0.6) is 0 Å². The third-order valence-electron chi connectivity index (χ3n) is 6.42. The second-order valence-corrected chi connectivity index (χ2v) is 7.94. The highest BCUT2D eigenvalue weighted by molar-refractivity contribution is 4.84. The first kappa shape index (κ1) is 16.7. The minimum absolute atomic E-state index is 0.369. The van der Waals surface area contributed by atoms with Crippen molar-refractivity contribution in [1.82, 2.24) is 0 Å². The first-order valence-electron chi connectivity index (χ1n) is 9.64. The summed E-state index contributed by atoms with van der Waals surface area (Å²) < 4.78 is 33.0. The van der Waals surface area contributed by atoms with Crippen molar-refractivity contribution in [3.8, 4) is 0 Å². The molecule has 0 bridgehead atoms. The Labute approximate surface area is 134 Å². The summed E-state index contributed by atoms with van der Waals surface area (Å²) in [5.74, 6) is 2.47. The van der Waals surface area contributed by atoms with Gasteiger partial charge in [0.1, 0.15) is 6.17 Å². The Morgan fingerprint density at radius 1 is 0.682 bits per heavy atom. The van der Waals surface area contributed by atoms with Crippen LogP contribution in [0.2, 0.25) is 0 Å². The van der Waals surface area contributed by atoms with Crippen LogP contribution in [-0.4, -0.2) is 25.1 Å². The number of alkyl halides is 2. The Bertz CT molecular complexity index is 321. The summed E-state index contributed by atoms with van der Waals surface area (Å²) in [6.45, 7) is 0.648. The van der Waals surface area contributed by atoms with Gasteiger partial charge in [-0.05, 0) is 62.7 Å². The van der Waals surface area contributed by atoms with Gasteiger partial charge >= 0.3 is 0 Å². The van der Waals surface area contributed by atoms with Gasteiger partial charge in [0, 0.05) is 6.61 Å². The minimum atomic E-state index is -1.40. The number of halogens is 2. The maximum atomic E-state index is 13.8. The molecular weight excluding hydrogens is 282 g/mol. The fourth-order valence-electron chi connectivity index (χ4n) is 4.93. The molecule has 0 aromatic rings. The van der Waals surface area contributed by atoms with Crippen molar-refractivity contribution >= 4 is 0 Å². The Morgan fingerprint density at radius 3 is 2.09 bits per heavy atom. The molecule has 0 aliphatic heterocycles. The number of ether oxygens (including phenoxy) is 1. The molecule has 3 aliphatic rings. The van der Waals surface area contributed by atoms with Gasteiger partial charge in [0.25, 0.3) is 0 Å². The standard InChI is InChI=1S/C19H32F2O/c20-17-7-4-8-18(19(17)21)22-13-14-9-11-16(12-10-14)15-5-2-1-3-6-15/h14-19H,1-13H2. The summed E-state index contributed by atoms with van der Waals surface area (Å²) in [5, 5.41) is 0. The molecule has 128 valence electrons. The molecular formula is C19H32F2O. The van der Waals surface area contributed by atoms with Gasteiger partial charge in [-0.25, -0.2) is 8.78 Å². The maximum absolute atomic E-state index is 13.8. The third-order valence-corrected chi connectivity index (χ3v) is 6.42. The zero-order valence-electron chi connectivity index (χ0n) is 13.8. The van der Waals surface area contributed by atoms with Crippen molar-refractivity contribution in [3.63, 3.8) is 0 Å². The molecule has 0 aromatic carbocycles. The number of rotatable bonds is 4. The monoisotopic (exact) mass is 314 g/mol. The molecule has 22 heavy (non-hydrogen) atoms. The van der Waals surface area contributed by atoms with Gasteiger partial charge in [-0.2, -0.15) is 0 Å². The predicted octanol–water partition coefficient (Wildman–Crippen LogP) is 5.62. The Balaban J connectivity index is 1.36. The SMILES string of the molecule is FC1CCCC(OCC2CCC(C3CCCCC3)CC2)C1F. The summed E-state index contributed by atoms with van der Waals surface area (Å²) in [5.41, 5.74) is 0. The van der Waals surface area contributed by atoms with E-state index in [1.54, 1.807) is 0 Å². The van der Waals surface area contributed by atoms with Crippen LogP contribution in [0.3, 0.4) is 0 Å². The lowest BCUT2D eigenvalue weighted by atomic mass is 9.71. The Kier molecular flexibility index (Phi) is 6.12. The molecule has 0 radical (unpaired) electrons. The smallest absolute Gasteiger partial charge is 0.157 e. The van der Waals surface area contributed by atoms with Gasteiger partial charge in [0.05, 0.1) is 6.10 Å². The summed E-state index contributed by atoms with van der Waals surface area (Å²) in [7, 11) is 0. The lowest BCUT2D eigenvalue weighted by Crippen LogP contribution is -2.38. The van der Waals surface area contributed by atoms with Crippen LogP contribution >= 0.6 is 0 Å². The molecule has 3 fully saturated rings.